The maximum Gasteiger partial charge on any atom is 0.264 e. The van der Waals surface area contributed by atoms with Gasteiger partial charge in [-0.25, -0.2) is 4.98 Å². The Morgan fingerprint density at radius 2 is 2.03 bits per heavy atom. The smallest absolute Gasteiger partial charge is 0.264 e. The number of hydrogen-bond donors (Lipinski definition) is 2. The molecule has 2 aliphatic rings. The maximum atomic E-state index is 12.4. The standard InChI is InChI=1S/C24H24N4O3S/c29-22-9-6-17-12-18(7-8-19(17)25-22)31-15-23(30)27-24-26-20-10-11-28(14-21(20)32-24)13-16-4-2-1-3-5-16/h1-5,7-8,12H,6,9-11,13-15H2,(H,25,29)(H,26,27,30). The largest absolute Gasteiger partial charge is 0.484 e. The molecule has 7 nitrogen and oxygen atoms in total. The molecule has 0 fully saturated rings. The Kier molecular flexibility index (Phi) is 5.87. The lowest BCUT2D eigenvalue weighted by Gasteiger charge is -2.25. The fraction of sp³-hybridized carbons (Fsp3) is 0.292. The van der Waals surface area contributed by atoms with Gasteiger partial charge >= 0.3 is 0 Å². The van der Waals surface area contributed by atoms with E-state index < -0.39 is 0 Å². The topological polar surface area (TPSA) is 83.6 Å². The van der Waals surface area contributed by atoms with Gasteiger partial charge in [0.25, 0.3) is 5.91 Å². The van der Waals surface area contributed by atoms with E-state index >= 15 is 0 Å². The summed E-state index contributed by atoms with van der Waals surface area (Å²) < 4.78 is 5.66. The van der Waals surface area contributed by atoms with Crippen LogP contribution in [-0.4, -0.2) is 34.8 Å². The van der Waals surface area contributed by atoms with Crippen molar-refractivity contribution >= 4 is 34.0 Å². The molecule has 3 aromatic rings. The third-order valence-corrected chi connectivity index (χ3v) is 6.65. The summed E-state index contributed by atoms with van der Waals surface area (Å²) in [6.07, 6.45) is 2.03. The molecule has 0 radical (unpaired) electrons. The van der Waals surface area contributed by atoms with E-state index in [1.54, 1.807) is 6.07 Å². The second-order valence-electron chi connectivity index (χ2n) is 8.04. The lowest BCUT2D eigenvalue weighted by Crippen LogP contribution is -2.29. The molecule has 1 aromatic heterocycles. The van der Waals surface area contributed by atoms with Crippen molar-refractivity contribution in [2.75, 3.05) is 23.8 Å². The number of aromatic nitrogens is 1. The summed E-state index contributed by atoms with van der Waals surface area (Å²) in [6.45, 7) is 2.63. The SMILES string of the molecule is O=C(COc1ccc2c(c1)CCC(=O)N2)Nc1nc2c(s1)CN(Cc1ccccc1)CC2. The second kappa shape index (κ2) is 9.10. The van der Waals surface area contributed by atoms with Gasteiger partial charge in [0.2, 0.25) is 5.91 Å². The van der Waals surface area contributed by atoms with E-state index in [9.17, 15) is 9.59 Å². The lowest BCUT2D eigenvalue weighted by atomic mass is 10.0. The molecule has 164 valence electrons. The molecular formula is C24H24N4O3S. The summed E-state index contributed by atoms with van der Waals surface area (Å²) in [4.78, 5) is 32.1. The highest BCUT2D eigenvalue weighted by Gasteiger charge is 2.22. The number of hydrogen-bond acceptors (Lipinski definition) is 6. The van der Waals surface area contributed by atoms with Crippen LogP contribution in [0.2, 0.25) is 0 Å². The average Bonchev–Trinajstić information content (AvgIpc) is 3.19. The lowest BCUT2D eigenvalue weighted by molar-refractivity contribution is -0.118. The van der Waals surface area contributed by atoms with Crippen molar-refractivity contribution in [1.82, 2.24) is 9.88 Å². The van der Waals surface area contributed by atoms with Crippen molar-refractivity contribution in [3.63, 3.8) is 0 Å². The number of nitrogens with one attached hydrogen (secondary N) is 2. The van der Waals surface area contributed by atoms with Crippen LogP contribution in [0.4, 0.5) is 10.8 Å². The quantitative estimate of drug-likeness (QED) is 0.602. The van der Waals surface area contributed by atoms with Crippen LogP contribution in [0.5, 0.6) is 5.75 Å². The molecule has 8 heteroatoms. The van der Waals surface area contributed by atoms with Crippen molar-refractivity contribution in [2.45, 2.75) is 32.4 Å². The van der Waals surface area contributed by atoms with Gasteiger partial charge in [-0.1, -0.05) is 30.3 Å². The van der Waals surface area contributed by atoms with Gasteiger partial charge in [-0.2, -0.15) is 0 Å². The molecular weight excluding hydrogens is 424 g/mol. The van der Waals surface area contributed by atoms with Crippen molar-refractivity contribution < 1.29 is 14.3 Å². The highest BCUT2D eigenvalue weighted by molar-refractivity contribution is 7.15. The van der Waals surface area contributed by atoms with Gasteiger partial charge in [0, 0.05) is 43.0 Å². The van der Waals surface area contributed by atoms with Gasteiger partial charge in [-0.3, -0.25) is 19.8 Å². The molecule has 2 amide bonds. The van der Waals surface area contributed by atoms with Crippen molar-refractivity contribution in [3.8, 4) is 5.75 Å². The Balaban J connectivity index is 1.15. The first kappa shape index (κ1) is 20.7. The number of benzene rings is 2. The number of anilines is 2. The number of thiazole rings is 1. The molecule has 0 saturated heterocycles. The van der Waals surface area contributed by atoms with E-state index in [0.29, 0.717) is 23.7 Å². The van der Waals surface area contributed by atoms with Crippen LogP contribution in [0, 0.1) is 0 Å². The number of amides is 2. The molecule has 0 saturated carbocycles. The summed E-state index contributed by atoms with van der Waals surface area (Å²) in [5, 5.41) is 6.33. The predicted molar refractivity (Wildman–Crippen MR) is 124 cm³/mol. The van der Waals surface area contributed by atoms with Crippen molar-refractivity contribution in [2.24, 2.45) is 0 Å². The third kappa shape index (κ3) is 4.81. The van der Waals surface area contributed by atoms with Crippen LogP contribution >= 0.6 is 11.3 Å². The fourth-order valence-electron chi connectivity index (χ4n) is 4.03. The molecule has 2 aromatic carbocycles. The summed E-state index contributed by atoms with van der Waals surface area (Å²) in [7, 11) is 0. The summed E-state index contributed by atoms with van der Waals surface area (Å²) >= 11 is 1.54. The Hall–Kier alpha value is -3.23. The Labute approximate surface area is 190 Å². The predicted octanol–water partition coefficient (Wildman–Crippen LogP) is 3.60. The minimum absolute atomic E-state index is 0.0277. The van der Waals surface area contributed by atoms with E-state index in [2.05, 4.69) is 44.8 Å². The first-order valence-corrected chi connectivity index (χ1v) is 11.5. The number of ether oxygens (including phenoxy) is 1. The van der Waals surface area contributed by atoms with E-state index in [1.165, 1.54) is 21.8 Å². The van der Waals surface area contributed by atoms with Gasteiger partial charge in [0.15, 0.2) is 11.7 Å². The van der Waals surface area contributed by atoms with E-state index in [0.717, 1.165) is 43.0 Å². The molecule has 0 aliphatic carbocycles. The first-order chi connectivity index (χ1) is 15.6. The van der Waals surface area contributed by atoms with Crippen molar-refractivity contribution in [1.29, 1.82) is 0 Å². The Bertz CT molecular complexity index is 1150. The minimum atomic E-state index is -0.233. The van der Waals surface area contributed by atoms with Gasteiger partial charge in [0.1, 0.15) is 5.75 Å². The highest BCUT2D eigenvalue weighted by atomic mass is 32.1. The van der Waals surface area contributed by atoms with Crippen LogP contribution < -0.4 is 15.4 Å². The van der Waals surface area contributed by atoms with Crippen LogP contribution in [-0.2, 0) is 35.5 Å². The zero-order chi connectivity index (χ0) is 21.9. The molecule has 0 bridgehead atoms. The Morgan fingerprint density at radius 1 is 1.16 bits per heavy atom. The second-order valence-corrected chi connectivity index (χ2v) is 9.12. The van der Waals surface area contributed by atoms with Crippen molar-refractivity contribution in [3.05, 3.63) is 70.2 Å². The molecule has 3 heterocycles. The van der Waals surface area contributed by atoms with Gasteiger partial charge < -0.3 is 10.1 Å². The molecule has 0 atom stereocenters. The zero-order valence-corrected chi connectivity index (χ0v) is 18.4. The monoisotopic (exact) mass is 448 g/mol. The van der Waals surface area contributed by atoms with E-state index in [-0.39, 0.29) is 18.4 Å². The maximum absolute atomic E-state index is 12.4. The van der Waals surface area contributed by atoms with Crippen LogP contribution in [0.25, 0.3) is 0 Å². The minimum Gasteiger partial charge on any atom is -0.484 e. The van der Waals surface area contributed by atoms with Gasteiger partial charge in [0.05, 0.1) is 5.69 Å². The van der Waals surface area contributed by atoms with Crippen LogP contribution in [0.1, 0.15) is 28.1 Å². The van der Waals surface area contributed by atoms with Gasteiger partial charge in [-0.05, 0) is 35.7 Å². The van der Waals surface area contributed by atoms with Crippen LogP contribution in [0.15, 0.2) is 48.5 Å². The first-order valence-electron chi connectivity index (χ1n) is 10.7. The fourth-order valence-corrected chi connectivity index (χ4v) is 5.10. The van der Waals surface area contributed by atoms with Crippen LogP contribution in [0.3, 0.4) is 0 Å². The number of aryl methyl sites for hydroxylation is 1. The third-order valence-electron chi connectivity index (χ3n) is 5.65. The van der Waals surface area contributed by atoms with E-state index in [1.807, 2.05) is 18.2 Å². The average molecular weight is 449 g/mol. The van der Waals surface area contributed by atoms with E-state index in [4.69, 9.17) is 4.74 Å². The molecule has 32 heavy (non-hydrogen) atoms. The number of nitrogens with zero attached hydrogens (tertiary/aromatic N) is 2. The number of fused-ring (bicyclic) bond motifs is 2. The molecule has 0 spiro atoms. The molecule has 5 rings (SSSR count). The number of carbonyl (C=O) groups excluding carboxylic acids is 2. The summed E-state index contributed by atoms with van der Waals surface area (Å²) in [5.41, 5.74) is 4.21. The summed E-state index contributed by atoms with van der Waals surface area (Å²) in [6, 6.07) is 15.9. The molecule has 2 aliphatic heterocycles. The number of carbonyl (C=O) groups is 2. The Morgan fingerprint density at radius 3 is 2.91 bits per heavy atom. The van der Waals surface area contributed by atoms with Gasteiger partial charge in [-0.15, -0.1) is 11.3 Å². The highest BCUT2D eigenvalue weighted by Crippen LogP contribution is 2.29. The number of rotatable bonds is 6. The zero-order valence-electron chi connectivity index (χ0n) is 17.6. The normalized spacial score (nSPS) is 15.4. The summed E-state index contributed by atoms with van der Waals surface area (Å²) in [5.74, 6) is 0.410. The molecule has 0 unspecified atom stereocenters. The molecule has 2 N–H and O–H groups in total.